The molecule has 0 radical (unpaired) electrons. The Balaban J connectivity index is 2.07. The molecule has 1 heterocycles. The number of pyridine rings is 1. The van der Waals surface area contributed by atoms with E-state index in [0.717, 1.165) is 6.42 Å². The van der Waals surface area contributed by atoms with Crippen molar-refractivity contribution in [2.75, 3.05) is 13.7 Å². The van der Waals surface area contributed by atoms with Gasteiger partial charge >= 0.3 is 5.97 Å². The third-order valence-electron chi connectivity index (χ3n) is 5.80. The largest absolute Gasteiger partial charge is 0.503 e. The van der Waals surface area contributed by atoms with Crippen LogP contribution in [0.25, 0.3) is 0 Å². The number of benzene rings is 1. The Bertz CT molecular complexity index is 930. The van der Waals surface area contributed by atoms with E-state index in [-0.39, 0.29) is 29.7 Å². The molecule has 2 rings (SSSR count). The molecule has 1 aromatic carbocycles. The van der Waals surface area contributed by atoms with Gasteiger partial charge in [-0.2, -0.15) is 0 Å². The van der Waals surface area contributed by atoms with E-state index in [0.29, 0.717) is 31.8 Å². The van der Waals surface area contributed by atoms with E-state index in [4.69, 9.17) is 14.2 Å². The lowest BCUT2D eigenvalue weighted by molar-refractivity contribution is -0.162. The van der Waals surface area contributed by atoms with E-state index in [1.165, 1.54) is 24.9 Å². The van der Waals surface area contributed by atoms with Crippen LogP contribution in [0, 0.1) is 11.8 Å². The molecule has 0 saturated heterocycles. The van der Waals surface area contributed by atoms with Gasteiger partial charge in [-0.3, -0.25) is 9.59 Å². The molecule has 1 aromatic heterocycles. The van der Waals surface area contributed by atoms with Crippen LogP contribution in [0.3, 0.4) is 0 Å². The van der Waals surface area contributed by atoms with Gasteiger partial charge in [0.1, 0.15) is 6.10 Å². The molecule has 192 valence electrons. The predicted octanol–water partition coefficient (Wildman–Crippen LogP) is 5.39. The Morgan fingerprint density at radius 2 is 1.77 bits per heavy atom. The normalized spacial score (nSPS) is 13.8. The molecule has 0 unspecified atom stereocenters. The van der Waals surface area contributed by atoms with Gasteiger partial charge in [-0.05, 0) is 37.7 Å². The lowest BCUT2D eigenvalue weighted by Crippen LogP contribution is -2.35. The first-order chi connectivity index (χ1) is 16.8. The van der Waals surface area contributed by atoms with Crippen molar-refractivity contribution in [2.24, 2.45) is 11.8 Å². The van der Waals surface area contributed by atoms with Crippen molar-refractivity contribution in [3.63, 3.8) is 0 Å². The van der Waals surface area contributed by atoms with Gasteiger partial charge in [-0.15, -0.1) is 0 Å². The van der Waals surface area contributed by atoms with Crippen LogP contribution in [0.15, 0.2) is 42.6 Å². The van der Waals surface area contributed by atoms with E-state index in [9.17, 15) is 14.7 Å². The molecule has 3 atom stereocenters. The van der Waals surface area contributed by atoms with Gasteiger partial charge in [-0.25, -0.2) is 4.98 Å². The fourth-order valence-electron chi connectivity index (χ4n) is 3.86. The van der Waals surface area contributed by atoms with Crippen LogP contribution in [0.5, 0.6) is 11.5 Å². The maximum Gasteiger partial charge on any atom is 0.309 e. The van der Waals surface area contributed by atoms with Crippen molar-refractivity contribution in [2.45, 2.75) is 72.0 Å². The Morgan fingerprint density at radius 3 is 2.40 bits per heavy atom. The summed E-state index contributed by atoms with van der Waals surface area (Å²) in [4.78, 5) is 30.0. The van der Waals surface area contributed by atoms with Crippen molar-refractivity contribution in [1.82, 2.24) is 4.98 Å². The first-order valence-corrected chi connectivity index (χ1v) is 12.4. The summed E-state index contributed by atoms with van der Waals surface area (Å²) in [7, 11) is 1.40. The highest BCUT2D eigenvalue weighted by Crippen LogP contribution is 2.30. The van der Waals surface area contributed by atoms with Crippen LogP contribution in [-0.4, -0.2) is 47.8 Å². The number of carbonyl (C=O) groups is 2. The molecule has 1 N–H and O–H groups in total. The van der Waals surface area contributed by atoms with Gasteiger partial charge in [0.05, 0.1) is 19.1 Å². The van der Waals surface area contributed by atoms with Crippen molar-refractivity contribution >= 4 is 11.8 Å². The molecular formula is C28H39NO6. The standard InChI is InChI=1S/C28H39NO6/c1-6-10-22(17-23(30)26-27(31)25(33-5)15-16-29-26)28(32)35-20(4)24(34-18-19(2)3)14-13-21-11-8-7-9-12-21/h7-9,11-12,15-16,19-20,22,24,31H,6,10,13-14,17-18H2,1-5H3/t20-,22+,24+/m0/s1. The number of hydrogen-bond acceptors (Lipinski definition) is 7. The highest BCUT2D eigenvalue weighted by Gasteiger charge is 2.29. The van der Waals surface area contributed by atoms with Crippen molar-refractivity contribution in [3.05, 3.63) is 53.9 Å². The Kier molecular flexibility index (Phi) is 11.7. The zero-order valence-electron chi connectivity index (χ0n) is 21.5. The summed E-state index contributed by atoms with van der Waals surface area (Å²) in [5.41, 5.74) is 1.09. The molecule has 35 heavy (non-hydrogen) atoms. The summed E-state index contributed by atoms with van der Waals surface area (Å²) in [6.45, 7) is 8.52. The first kappa shape index (κ1) is 28.3. The number of nitrogens with zero attached hydrogens (tertiary/aromatic N) is 1. The van der Waals surface area contributed by atoms with Crippen molar-refractivity contribution in [1.29, 1.82) is 0 Å². The summed E-state index contributed by atoms with van der Waals surface area (Å²) in [5.74, 6) is -1.31. The number of rotatable bonds is 15. The number of ether oxygens (including phenoxy) is 3. The minimum atomic E-state index is -0.637. The average molecular weight is 486 g/mol. The van der Waals surface area contributed by atoms with Crippen LogP contribution >= 0.6 is 0 Å². The Hall–Kier alpha value is -2.93. The fourth-order valence-corrected chi connectivity index (χ4v) is 3.86. The van der Waals surface area contributed by atoms with Gasteiger partial charge in [0.15, 0.2) is 23.0 Å². The summed E-state index contributed by atoms with van der Waals surface area (Å²) >= 11 is 0. The van der Waals surface area contributed by atoms with Gasteiger partial charge in [0, 0.05) is 25.3 Å². The van der Waals surface area contributed by atoms with Gasteiger partial charge < -0.3 is 19.3 Å². The number of hydrogen-bond donors (Lipinski definition) is 1. The number of carbonyl (C=O) groups excluding carboxylic acids is 2. The quantitative estimate of drug-likeness (QED) is 0.267. The molecule has 0 saturated carbocycles. The monoisotopic (exact) mass is 485 g/mol. The summed E-state index contributed by atoms with van der Waals surface area (Å²) < 4.78 is 17.0. The topological polar surface area (TPSA) is 95.0 Å². The van der Waals surface area contributed by atoms with E-state index in [1.54, 1.807) is 0 Å². The first-order valence-electron chi connectivity index (χ1n) is 12.4. The molecule has 7 heteroatoms. The molecule has 0 aliphatic carbocycles. The molecule has 0 amide bonds. The Labute approximate surface area is 208 Å². The molecule has 0 aliphatic rings. The van der Waals surface area contributed by atoms with Crippen molar-refractivity contribution < 1.29 is 28.9 Å². The maximum absolute atomic E-state index is 13.1. The molecule has 7 nitrogen and oxygen atoms in total. The van der Waals surface area contributed by atoms with Crippen LogP contribution in [0.1, 0.15) is 69.4 Å². The summed E-state index contributed by atoms with van der Waals surface area (Å²) in [6, 6.07) is 11.6. The fraction of sp³-hybridized carbons (Fsp3) is 0.536. The van der Waals surface area contributed by atoms with E-state index in [1.807, 2.05) is 32.0 Å². The van der Waals surface area contributed by atoms with Gasteiger partial charge in [0.25, 0.3) is 0 Å². The van der Waals surface area contributed by atoms with Crippen molar-refractivity contribution in [3.8, 4) is 11.5 Å². The van der Waals surface area contributed by atoms with Gasteiger partial charge in [-0.1, -0.05) is 57.5 Å². The number of aryl methyl sites for hydroxylation is 1. The number of Topliss-reactive ketones (excluding diaryl/α,β-unsaturated/α-hetero) is 1. The van der Waals surface area contributed by atoms with E-state index < -0.39 is 23.8 Å². The second-order valence-electron chi connectivity index (χ2n) is 9.26. The smallest absolute Gasteiger partial charge is 0.309 e. The van der Waals surface area contributed by atoms with Crippen LogP contribution in [0.4, 0.5) is 0 Å². The van der Waals surface area contributed by atoms with E-state index in [2.05, 4.69) is 31.0 Å². The minimum absolute atomic E-state index is 0.103. The third kappa shape index (κ3) is 8.98. The molecule has 0 aliphatic heterocycles. The molecule has 0 bridgehead atoms. The summed E-state index contributed by atoms with van der Waals surface area (Å²) in [6.07, 6.45) is 3.28. The molecular weight excluding hydrogens is 446 g/mol. The molecule has 0 spiro atoms. The SMILES string of the molecule is CCC[C@H](CC(=O)c1nccc(OC)c1O)C(=O)O[C@@H](C)[C@@H](CCc1ccccc1)OCC(C)C. The highest BCUT2D eigenvalue weighted by molar-refractivity contribution is 5.99. The van der Waals surface area contributed by atoms with Gasteiger partial charge in [0.2, 0.25) is 0 Å². The average Bonchev–Trinajstić information content (AvgIpc) is 2.84. The predicted molar refractivity (Wildman–Crippen MR) is 135 cm³/mol. The van der Waals surface area contributed by atoms with Crippen LogP contribution in [-0.2, 0) is 20.7 Å². The number of aromatic hydroxyl groups is 1. The highest BCUT2D eigenvalue weighted by atomic mass is 16.6. The lowest BCUT2D eigenvalue weighted by atomic mass is 9.95. The zero-order chi connectivity index (χ0) is 25.8. The lowest BCUT2D eigenvalue weighted by Gasteiger charge is -2.27. The number of methoxy groups -OCH3 is 1. The Morgan fingerprint density at radius 1 is 1.06 bits per heavy atom. The third-order valence-corrected chi connectivity index (χ3v) is 5.80. The van der Waals surface area contributed by atoms with Crippen LogP contribution in [0.2, 0.25) is 0 Å². The second kappa shape index (κ2) is 14.5. The summed E-state index contributed by atoms with van der Waals surface area (Å²) in [5, 5.41) is 10.3. The minimum Gasteiger partial charge on any atom is -0.503 e. The number of esters is 1. The zero-order valence-corrected chi connectivity index (χ0v) is 21.5. The number of aromatic nitrogens is 1. The second-order valence-corrected chi connectivity index (χ2v) is 9.26. The van der Waals surface area contributed by atoms with Crippen LogP contribution < -0.4 is 4.74 Å². The number of ketones is 1. The van der Waals surface area contributed by atoms with E-state index >= 15 is 0 Å². The maximum atomic E-state index is 13.1. The molecule has 0 fully saturated rings. The molecule has 2 aromatic rings.